The number of ether oxygens (including phenoxy) is 1. The highest BCUT2D eigenvalue weighted by Gasteiger charge is 2.34. The van der Waals surface area contributed by atoms with Crippen LogP contribution in [0.4, 0.5) is 5.13 Å². The fourth-order valence-corrected chi connectivity index (χ4v) is 4.27. The lowest BCUT2D eigenvalue weighted by Crippen LogP contribution is -2.28. The molecule has 0 saturated carbocycles. The number of hydrogen-bond acceptors (Lipinski definition) is 6. The molecular weight excluding hydrogens is 400 g/mol. The quantitative estimate of drug-likeness (QED) is 0.689. The van der Waals surface area contributed by atoms with Crippen LogP contribution in [0.3, 0.4) is 0 Å². The number of nitrogens with one attached hydrogen (secondary N) is 1. The zero-order valence-corrected chi connectivity index (χ0v) is 16.6. The van der Waals surface area contributed by atoms with Crippen LogP contribution in [0.5, 0.6) is 5.75 Å². The van der Waals surface area contributed by atoms with Gasteiger partial charge in [-0.15, -0.1) is 0 Å². The lowest BCUT2D eigenvalue weighted by Gasteiger charge is -2.16. The number of carbonyl (C=O) groups is 2. The van der Waals surface area contributed by atoms with Crippen molar-refractivity contribution in [2.24, 2.45) is 5.92 Å². The summed E-state index contributed by atoms with van der Waals surface area (Å²) in [6.45, 7) is 0.863. The molecule has 2 aromatic heterocycles. The van der Waals surface area contributed by atoms with Crippen molar-refractivity contribution in [3.63, 3.8) is 0 Å². The fourth-order valence-electron chi connectivity index (χ4n) is 3.16. The predicted molar refractivity (Wildman–Crippen MR) is 108 cm³/mol. The van der Waals surface area contributed by atoms with Gasteiger partial charge >= 0.3 is 0 Å². The molecule has 7 nitrogen and oxygen atoms in total. The van der Waals surface area contributed by atoms with Gasteiger partial charge in [-0.25, -0.2) is 4.98 Å². The van der Waals surface area contributed by atoms with Crippen molar-refractivity contribution in [3.05, 3.63) is 47.2 Å². The number of rotatable bonds is 5. The van der Waals surface area contributed by atoms with Crippen LogP contribution in [0.1, 0.15) is 12.0 Å². The van der Waals surface area contributed by atoms with Crippen molar-refractivity contribution in [2.45, 2.75) is 13.0 Å². The predicted octanol–water partition coefficient (Wildman–Crippen LogP) is 3.34. The maximum absolute atomic E-state index is 12.6. The number of anilines is 1. The van der Waals surface area contributed by atoms with E-state index < -0.39 is 5.92 Å². The number of methoxy groups -OCH3 is 1. The molecule has 1 fully saturated rings. The minimum Gasteiger partial charge on any atom is -0.495 e. The Labute approximate surface area is 170 Å². The standard InChI is InChI=1S/C19H17ClN4O3S/c1-27-15-8-16-14(7-13(15)20)22-19(28-16)23-18(26)12-6-17(25)24(10-12)9-11-2-4-21-5-3-11/h2-5,7-8,12H,6,9-10H2,1H3,(H,22,23,26)/t12-/m0/s1. The molecule has 2 amide bonds. The second-order valence-electron chi connectivity index (χ2n) is 6.49. The molecule has 0 radical (unpaired) electrons. The Morgan fingerprint density at radius 2 is 2.18 bits per heavy atom. The van der Waals surface area contributed by atoms with Crippen LogP contribution in [-0.4, -0.2) is 40.3 Å². The molecule has 0 aliphatic carbocycles. The summed E-state index contributed by atoms with van der Waals surface area (Å²) in [7, 11) is 1.55. The van der Waals surface area contributed by atoms with E-state index in [-0.39, 0.29) is 18.2 Å². The Kier molecular flexibility index (Phi) is 5.15. The van der Waals surface area contributed by atoms with Gasteiger partial charge in [0.25, 0.3) is 0 Å². The molecule has 1 atom stereocenters. The first-order valence-electron chi connectivity index (χ1n) is 8.65. The largest absolute Gasteiger partial charge is 0.495 e. The van der Waals surface area contributed by atoms with Gasteiger partial charge in [-0.05, 0) is 23.8 Å². The molecule has 144 valence electrons. The van der Waals surface area contributed by atoms with Crippen LogP contribution in [0.2, 0.25) is 5.02 Å². The number of thiazole rings is 1. The topological polar surface area (TPSA) is 84.4 Å². The number of aromatic nitrogens is 2. The van der Waals surface area contributed by atoms with Gasteiger partial charge in [-0.2, -0.15) is 0 Å². The first-order chi connectivity index (χ1) is 13.5. The summed E-state index contributed by atoms with van der Waals surface area (Å²) in [6, 6.07) is 7.22. The summed E-state index contributed by atoms with van der Waals surface area (Å²) in [6.07, 6.45) is 3.57. The lowest BCUT2D eigenvalue weighted by atomic mass is 10.1. The molecule has 1 saturated heterocycles. The van der Waals surface area contributed by atoms with Crippen LogP contribution in [0.15, 0.2) is 36.7 Å². The molecule has 0 spiro atoms. The number of nitrogens with zero attached hydrogens (tertiary/aromatic N) is 3. The number of likely N-dealkylation sites (tertiary alicyclic amines) is 1. The zero-order valence-electron chi connectivity index (χ0n) is 15.0. The number of fused-ring (bicyclic) bond motifs is 1. The Hall–Kier alpha value is -2.71. The van der Waals surface area contributed by atoms with Gasteiger partial charge in [0.1, 0.15) is 5.75 Å². The Bertz CT molecular complexity index is 1040. The van der Waals surface area contributed by atoms with Gasteiger partial charge in [0.05, 0.1) is 28.3 Å². The van der Waals surface area contributed by atoms with Gasteiger partial charge in [-0.3, -0.25) is 14.6 Å². The molecule has 1 aromatic carbocycles. The highest BCUT2D eigenvalue weighted by molar-refractivity contribution is 7.22. The molecule has 0 bridgehead atoms. The summed E-state index contributed by atoms with van der Waals surface area (Å²) in [5.41, 5.74) is 1.68. The van der Waals surface area contributed by atoms with E-state index >= 15 is 0 Å². The number of amides is 2. The highest BCUT2D eigenvalue weighted by Crippen LogP contribution is 2.34. The Morgan fingerprint density at radius 3 is 2.93 bits per heavy atom. The molecule has 4 rings (SSSR count). The summed E-state index contributed by atoms with van der Waals surface area (Å²) >= 11 is 7.47. The third-order valence-electron chi connectivity index (χ3n) is 4.60. The second-order valence-corrected chi connectivity index (χ2v) is 7.93. The normalized spacial score (nSPS) is 16.6. The van der Waals surface area contributed by atoms with E-state index in [1.807, 2.05) is 12.1 Å². The molecule has 9 heteroatoms. The van der Waals surface area contributed by atoms with E-state index in [0.717, 1.165) is 10.3 Å². The summed E-state index contributed by atoms with van der Waals surface area (Å²) in [5, 5.41) is 3.77. The number of pyridine rings is 1. The molecule has 28 heavy (non-hydrogen) atoms. The number of hydrogen-bond donors (Lipinski definition) is 1. The van der Waals surface area contributed by atoms with Gasteiger partial charge in [-0.1, -0.05) is 22.9 Å². The third-order valence-corrected chi connectivity index (χ3v) is 5.83. The second kappa shape index (κ2) is 7.73. The maximum Gasteiger partial charge on any atom is 0.231 e. The minimum absolute atomic E-state index is 0.0298. The van der Waals surface area contributed by atoms with Crippen molar-refractivity contribution >= 4 is 50.1 Å². The molecule has 1 N–H and O–H groups in total. The molecular formula is C19H17ClN4O3S. The van der Waals surface area contributed by atoms with Gasteiger partial charge < -0.3 is 15.0 Å². The van der Waals surface area contributed by atoms with Gasteiger partial charge in [0.2, 0.25) is 11.8 Å². The van der Waals surface area contributed by atoms with E-state index in [9.17, 15) is 9.59 Å². The van der Waals surface area contributed by atoms with Crippen LogP contribution < -0.4 is 10.1 Å². The SMILES string of the molecule is COc1cc2sc(NC(=O)[C@H]3CC(=O)N(Cc4ccncc4)C3)nc2cc1Cl. The van der Waals surface area contributed by atoms with Crippen LogP contribution in [0, 0.1) is 5.92 Å². The Balaban J connectivity index is 1.44. The van der Waals surface area contributed by atoms with Crippen molar-refractivity contribution in [1.82, 2.24) is 14.9 Å². The van der Waals surface area contributed by atoms with Gasteiger partial charge in [0, 0.05) is 38.0 Å². The van der Waals surface area contributed by atoms with Crippen molar-refractivity contribution in [2.75, 3.05) is 19.0 Å². The summed E-state index contributed by atoms with van der Waals surface area (Å²) in [5.74, 6) is -0.0798. The average molecular weight is 417 g/mol. The lowest BCUT2D eigenvalue weighted by molar-refractivity contribution is -0.128. The first kappa shape index (κ1) is 18.6. The minimum atomic E-state index is -0.403. The molecule has 1 aliphatic rings. The first-order valence-corrected chi connectivity index (χ1v) is 9.84. The molecule has 0 unspecified atom stereocenters. The van der Waals surface area contributed by atoms with Gasteiger partial charge in [0.15, 0.2) is 5.13 Å². The molecule has 3 aromatic rings. The zero-order chi connectivity index (χ0) is 19.7. The molecule has 3 heterocycles. The smallest absolute Gasteiger partial charge is 0.231 e. The van der Waals surface area contributed by atoms with Crippen LogP contribution in [0.25, 0.3) is 10.2 Å². The van der Waals surface area contributed by atoms with E-state index in [2.05, 4.69) is 15.3 Å². The summed E-state index contributed by atoms with van der Waals surface area (Å²) < 4.78 is 6.07. The van der Waals surface area contributed by atoms with Crippen molar-refractivity contribution in [3.8, 4) is 5.75 Å². The Morgan fingerprint density at radius 1 is 1.39 bits per heavy atom. The number of halogens is 1. The fraction of sp³-hybridized carbons (Fsp3) is 0.263. The van der Waals surface area contributed by atoms with E-state index in [4.69, 9.17) is 16.3 Å². The highest BCUT2D eigenvalue weighted by atomic mass is 35.5. The van der Waals surface area contributed by atoms with E-state index in [0.29, 0.717) is 34.5 Å². The van der Waals surface area contributed by atoms with Crippen molar-refractivity contribution in [1.29, 1.82) is 0 Å². The van der Waals surface area contributed by atoms with Crippen LogP contribution >= 0.6 is 22.9 Å². The monoisotopic (exact) mass is 416 g/mol. The number of carbonyl (C=O) groups excluding carboxylic acids is 2. The van der Waals surface area contributed by atoms with Crippen LogP contribution in [-0.2, 0) is 16.1 Å². The molecule has 1 aliphatic heterocycles. The maximum atomic E-state index is 12.6. The third kappa shape index (κ3) is 3.79. The number of benzene rings is 1. The van der Waals surface area contributed by atoms with E-state index in [1.165, 1.54) is 11.3 Å². The average Bonchev–Trinajstić information content (AvgIpc) is 3.24. The van der Waals surface area contributed by atoms with Crippen molar-refractivity contribution < 1.29 is 14.3 Å². The van der Waals surface area contributed by atoms with E-state index in [1.54, 1.807) is 36.5 Å². The summed E-state index contributed by atoms with van der Waals surface area (Å²) in [4.78, 5) is 35.0.